The number of imidazole rings is 1. The molecule has 35 heavy (non-hydrogen) atoms. The van der Waals surface area contributed by atoms with Gasteiger partial charge in [0.15, 0.2) is 5.82 Å². The third kappa shape index (κ3) is 4.81. The summed E-state index contributed by atoms with van der Waals surface area (Å²) in [6, 6.07) is 38.9. The normalized spacial score (nSPS) is 11.2. The van der Waals surface area contributed by atoms with Crippen LogP contribution in [0.2, 0.25) is 0 Å². The molecule has 0 unspecified atom stereocenters. The first-order chi connectivity index (χ1) is 16.7. The van der Waals surface area contributed by atoms with Crippen LogP contribution in [-0.4, -0.2) is 21.3 Å². The molecule has 6 heteroatoms. The number of fused-ring (bicyclic) bond motifs is 1. The van der Waals surface area contributed by atoms with Crippen molar-refractivity contribution < 1.29 is 28.8 Å². The van der Waals surface area contributed by atoms with E-state index in [-0.39, 0.29) is 24.7 Å². The van der Waals surface area contributed by atoms with Gasteiger partial charge in [0.05, 0.1) is 15.8 Å². The second kappa shape index (κ2) is 11.0. The van der Waals surface area contributed by atoms with Gasteiger partial charge in [0.25, 0.3) is 0 Å². The fourth-order valence-corrected chi connectivity index (χ4v) is 6.00. The molecule has 4 aromatic carbocycles. The summed E-state index contributed by atoms with van der Waals surface area (Å²) in [6.07, 6.45) is 0. The molecule has 168 valence electrons. The minimum Gasteiger partial charge on any atom is -0.542 e. The molecule has 1 aromatic heterocycles. The number of aromatic nitrogens is 2. The number of rotatable bonds is 8. The van der Waals surface area contributed by atoms with Crippen molar-refractivity contribution in [3.8, 4) is 0 Å². The molecule has 0 radical (unpaired) electrons. The number of carbonyl (C=O) groups is 1. The standard InChI is InChI=1S/C29H24N2O2S.Li/c32-28(33)27-30-25-18-10-11-19-26(25)31(27)20-21-34-29(22-12-4-1-5-13-22,23-14-6-2-7-15-23)24-16-8-3-9-17-24;/h1-19H,20-21H2,(H,32,33);/q;+1/p-1. The second-order valence-corrected chi connectivity index (χ2v) is 9.30. The van der Waals surface area contributed by atoms with Crippen molar-refractivity contribution in [2.45, 2.75) is 11.3 Å². The Morgan fingerprint density at radius 3 is 1.69 bits per heavy atom. The monoisotopic (exact) mass is 470 g/mol. The number of nitrogens with zero attached hydrogens (tertiary/aromatic N) is 2. The third-order valence-corrected chi connectivity index (χ3v) is 7.54. The van der Waals surface area contributed by atoms with E-state index in [1.807, 2.05) is 42.5 Å². The molecule has 5 aromatic rings. The molecule has 0 saturated heterocycles. The Labute approximate surface area is 221 Å². The zero-order valence-corrected chi connectivity index (χ0v) is 20.3. The van der Waals surface area contributed by atoms with Crippen LogP contribution < -0.4 is 24.0 Å². The van der Waals surface area contributed by atoms with E-state index < -0.39 is 10.7 Å². The summed E-state index contributed by atoms with van der Waals surface area (Å²) >= 11 is 1.79. The average Bonchev–Trinajstić information content (AvgIpc) is 3.27. The first-order valence-electron chi connectivity index (χ1n) is 11.2. The molecule has 0 N–H and O–H groups in total. The van der Waals surface area contributed by atoms with Gasteiger partial charge in [-0.05, 0) is 28.8 Å². The van der Waals surface area contributed by atoms with Crippen molar-refractivity contribution in [1.82, 2.24) is 9.55 Å². The molecule has 0 bridgehead atoms. The molecule has 1 heterocycles. The second-order valence-electron chi connectivity index (χ2n) is 7.99. The molecule has 0 spiro atoms. The molecular weight excluding hydrogens is 447 g/mol. The van der Waals surface area contributed by atoms with Gasteiger partial charge in [0, 0.05) is 12.3 Å². The average molecular weight is 471 g/mol. The number of aromatic carboxylic acids is 1. The Hall–Kier alpha value is -3.23. The molecule has 0 aliphatic rings. The molecule has 0 fully saturated rings. The van der Waals surface area contributed by atoms with Crippen molar-refractivity contribution >= 4 is 28.8 Å². The summed E-state index contributed by atoms with van der Waals surface area (Å²) in [5.74, 6) is -0.632. The van der Waals surface area contributed by atoms with Gasteiger partial charge in [-0.15, -0.1) is 11.8 Å². The van der Waals surface area contributed by atoms with Gasteiger partial charge >= 0.3 is 18.9 Å². The third-order valence-electron chi connectivity index (χ3n) is 6.01. The zero-order chi connectivity index (χ0) is 23.4. The molecule has 0 amide bonds. The van der Waals surface area contributed by atoms with Crippen molar-refractivity contribution in [2.75, 3.05) is 5.75 Å². The number of para-hydroxylation sites is 2. The summed E-state index contributed by atoms with van der Waals surface area (Å²) in [7, 11) is 0. The number of carboxylic acids is 1. The van der Waals surface area contributed by atoms with Crippen LogP contribution in [-0.2, 0) is 11.3 Å². The number of thioether (sulfide) groups is 1. The van der Waals surface area contributed by atoms with Crippen molar-refractivity contribution in [2.24, 2.45) is 0 Å². The van der Waals surface area contributed by atoms with Crippen molar-refractivity contribution in [3.63, 3.8) is 0 Å². The van der Waals surface area contributed by atoms with Crippen LogP contribution in [0.1, 0.15) is 27.3 Å². The largest absolute Gasteiger partial charge is 1.00 e. The maximum Gasteiger partial charge on any atom is 1.00 e. The first-order valence-corrected chi connectivity index (χ1v) is 12.2. The van der Waals surface area contributed by atoms with Gasteiger partial charge < -0.3 is 14.5 Å². The van der Waals surface area contributed by atoms with Gasteiger partial charge in [-0.25, -0.2) is 4.98 Å². The summed E-state index contributed by atoms with van der Waals surface area (Å²) in [5.41, 5.74) is 4.98. The topological polar surface area (TPSA) is 57.9 Å². The number of benzene rings is 4. The molecule has 0 aliphatic heterocycles. The molecule has 0 saturated carbocycles. The first kappa shape index (κ1) is 24.9. The van der Waals surface area contributed by atoms with Crippen molar-refractivity contribution in [3.05, 3.63) is 138 Å². The maximum absolute atomic E-state index is 11.8. The fourth-order valence-electron chi connectivity index (χ4n) is 4.52. The van der Waals surface area contributed by atoms with Crippen LogP contribution in [0, 0.1) is 0 Å². The van der Waals surface area contributed by atoms with Crippen molar-refractivity contribution in [1.29, 1.82) is 0 Å². The molecule has 0 atom stereocenters. The van der Waals surface area contributed by atoms with E-state index in [9.17, 15) is 9.90 Å². The molecule has 4 nitrogen and oxygen atoms in total. The Morgan fingerprint density at radius 2 is 1.20 bits per heavy atom. The number of hydrogen-bond acceptors (Lipinski definition) is 4. The minimum atomic E-state index is -1.26. The van der Waals surface area contributed by atoms with E-state index in [0.29, 0.717) is 17.8 Å². The van der Waals surface area contributed by atoms with Gasteiger partial charge in [-0.2, -0.15) is 0 Å². The van der Waals surface area contributed by atoms with Crippen LogP contribution in [0.25, 0.3) is 11.0 Å². The number of hydrogen-bond donors (Lipinski definition) is 0. The summed E-state index contributed by atoms with van der Waals surface area (Å²) in [5, 5.41) is 11.8. The van der Waals surface area contributed by atoms with E-state index in [0.717, 1.165) is 5.52 Å². The van der Waals surface area contributed by atoms with Crippen LogP contribution in [0.15, 0.2) is 115 Å². The van der Waals surface area contributed by atoms with Crippen LogP contribution in [0.5, 0.6) is 0 Å². The molecule has 5 rings (SSSR count). The SMILES string of the molecule is O=C([O-])c1nc2ccccc2n1CCSC(c1ccccc1)(c1ccccc1)c1ccccc1.[Li+]. The van der Waals surface area contributed by atoms with E-state index in [1.165, 1.54) is 16.7 Å². The summed E-state index contributed by atoms with van der Waals surface area (Å²) < 4.78 is 1.30. The van der Waals surface area contributed by atoms with Crippen LogP contribution in [0.3, 0.4) is 0 Å². The number of aryl methyl sites for hydroxylation is 1. The van der Waals surface area contributed by atoms with Gasteiger partial charge in [0.1, 0.15) is 5.97 Å². The van der Waals surface area contributed by atoms with E-state index in [1.54, 1.807) is 16.3 Å². The van der Waals surface area contributed by atoms with E-state index in [2.05, 4.69) is 77.8 Å². The maximum atomic E-state index is 11.8. The summed E-state index contributed by atoms with van der Waals surface area (Å²) in [4.78, 5) is 16.1. The number of carbonyl (C=O) groups excluding carboxylic acids is 1. The number of carboxylic acid groups (broad SMARTS) is 1. The van der Waals surface area contributed by atoms with Crippen LogP contribution in [0.4, 0.5) is 0 Å². The van der Waals surface area contributed by atoms with E-state index in [4.69, 9.17) is 0 Å². The Balaban J connectivity index is 0.00000289. The quantitative estimate of drug-likeness (QED) is 0.258. The smallest absolute Gasteiger partial charge is 0.542 e. The predicted molar refractivity (Wildman–Crippen MR) is 136 cm³/mol. The van der Waals surface area contributed by atoms with Gasteiger partial charge in [0.2, 0.25) is 0 Å². The minimum absolute atomic E-state index is 0. The van der Waals surface area contributed by atoms with Gasteiger partial charge in [-0.3, -0.25) is 0 Å². The zero-order valence-electron chi connectivity index (χ0n) is 19.5. The predicted octanol–water partition coefficient (Wildman–Crippen LogP) is 2.13. The summed E-state index contributed by atoms with van der Waals surface area (Å²) in [6.45, 7) is 0.489. The Morgan fingerprint density at radius 1 is 0.743 bits per heavy atom. The van der Waals surface area contributed by atoms with E-state index >= 15 is 0 Å². The molecule has 0 aliphatic carbocycles. The van der Waals surface area contributed by atoms with Crippen LogP contribution >= 0.6 is 11.8 Å². The van der Waals surface area contributed by atoms with Gasteiger partial charge in [-0.1, -0.05) is 103 Å². The Kier molecular flexibility index (Phi) is 7.82. The molecular formula is C29H23LiN2O2S. The fraction of sp³-hybridized carbons (Fsp3) is 0.103. The Bertz CT molecular complexity index is 1310.